The van der Waals surface area contributed by atoms with Gasteiger partial charge in [-0.2, -0.15) is 4.31 Å². The van der Waals surface area contributed by atoms with Crippen molar-refractivity contribution in [1.29, 1.82) is 0 Å². The van der Waals surface area contributed by atoms with Crippen LogP contribution in [0.5, 0.6) is 0 Å². The van der Waals surface area contributed by atoms with E-state index in [4.69, 9.17) is 11.6 Å². The van der Waals surface area contributed by atoms with Crippen LogP contribution < -0.4 is 4.90 Å². The average molecular weight is 487 g/mol. The molecule has 0 aliphatic carbocycles. The zero-order valence-electron chi connectivity index (χ0n) is 18.2. The zero-order valence-corrected chi connectivity index (χ0v) is 20.6. The molecule has 10 heteroatoms. The van der Waals surface area contributed by atoms with Crippen LogP contribution in [0.2, 0.25) is 5.02 Å². The summed E-state index contributed by atoms with van der Waals surface area (Å²) in [6.45, 7) is 7.68. The van der Waals surface area contributed by atoms with Crippen LogP contribution in [0, 0.1) is 0 Å². The highest BCUT2D eigenvalue weighted by molar-refractivity contribution is 7.90. The number of carbonyl (C=O) groups is 1. The number of anilines is 1. The maximum Gasteiger partial charge on any atom is 0.260 e. The number of rotatable bonds is 8. The van der Waals surface area contributed by atoms with Gasteiger partial charge in [-0.3, -0.25) is 4.79 Å². The van der Waals surface area contributed by atoms with Crippen molar-refractivity contribution in [2.45, 2.75) is 43.5 Å². The van der Waals surface area contributed by atoms with E-state index in [0.717, 1.165) is 6.26 Å². The summed E-state index contributed by atoms with van der Waals surface area (Å²) < 4.78 is 50.5. The van der Waals surface area contributed by atoms with Gasteiger partial charge in [0.1, 0.15) is 0 Å². The number of carbonyl (C=O) groups excluding carboxylic acids is 1. The van der Waals surface area contributed by atoms with E-state index in [-0.39, 0.29) is 26.4 Å². The van der Waals surface area contributed by atoms with E-state index < -0.39 is 25.8 Å². The van der Waals surface area contributed by atoms with Gasteiger partial charge in [0.15, 0.2) is 9.84 Å². The highest BCUT2D eigenvalue weighted by Crippen LogP contribution is 2.28. The van der Waals surface area contributed by atoms with Gasteiger partial charge in [-0.15, -0.1) is 0 Å². The van der Waals surface area contributed by atoms with E-state index in [1.54, 1.807) is 39.8 Å². The van der Waals surface area contributed by atoms with Crippen LogP contribution in [0.1, 0.15) is 38.1 Å². The van der Waals surface area contributed by atoms with Crippen LogP contribution >= 0.6 is 11.6 Å². The minimum absolute atomic E-state index is 0.0138. The Kier molecular flexibility index (Phi) is 7.91. The number of halogens is 1. The number of hydrogen-bond donors (Lipinski definition) is 0. The smallest absolute Gasteiger partial charge is 0.260 e. The first-order chi connectivity index (χ1) is 14.3. The molecular weight excluding hydrogens is 460 g/mol. The fourth-order valence-corrected chi connectivity index (χ4v) is 5.49. The number of hydrogen-bond acceptors (Lipinski definition) is 5. The molecule has 0 unspecified atom stereocenters. The van der Waals surface area contributed by atoms with Gasteiger partial charge in [0.25, 0.3) is 5.91 Å². The molecule has 0 aliphatic rings. The summed E-state index contributed by atoms with van der Waals surface area (Å²) in [4.78, 5) is 15.0. The molecule has 7 nitrogen and oxygen atoms in total. The van der Waals surface area contributed by atoms with Crippen molar-refractivity contribution in [2.75, 3.05) is 24.2 Å². The Balaban J connectivity index is 2.54. The summed E-state index contributed by atoms with van der Waals surface area (Å²) in [7, 11) is -7.15. The standard InChI is InChI=1S/C21H27ClN2O5S2/c1-6-23(7-2)31(28,29)18-12-13-20(22)19(14-18)21(25)24(15(3)4)16-8-10-17(11-9-16)30(5,26)27/h8-15H,6-7H2,1-5H3. The molecule has 0 bridgehead atoms. The van der Waals surface area contributed by atoms with Crippen LogP contribution in [0.3, 0.4) is 0 Å². The van der Waals surface area contributed by atoms with Gasteiger partial charge in [-0.25, -0.2) is 16.8 Å². The van der Waals surface area contributed by atoms with Crippen LogP contribution in [0.25, 0.3) is 0 Å². The maximum atomic E-state index is 13.4. The molecule has 0 spiro atoms. The minimum atomic E-state index is -3.77. The number of amides is 1. The first-order valence-electron chi connectivity index (χ1n) is 9.78. The Labute approximate surface area is 189 Å². The van der Waals surface area contributed by atoms with Gasteiger partial charge in [-0.1, -0.05) is 25.4 Å². The lowest BCUT2D eigenvalue weighted by atomic mass is 10.1. The summed E-state index contributed by atoms with van der Waals surface area (Å²) in [6, 6.07) is 9.71. The normalized spacial score (nSPS) is 12.4. The molecule has 0 atom stereocenters. The molecule has 31 heavy (non-hydrogen) atoms. The van der Waals surface area contributed by atoms with Crippen molar-refractivity contribution >= 4 is 43.1 Å². The third-order valence-corrected chi connectivity index (χ3v) is 8.29. The lowest BCUT2D eigenvalue weighted by Gasteiger charge is -2.28. The molecule has 2 aromatic rings. The quantitative estimate of drug-likeness (QED) is 0.565. The molecule has 0 heterocycles. The molecule has 0 N–H and O–H groups in total. The van der Waals surface area contributed by atoms with Crippen molar-refractivity contribution < 1.29 is 21.6 Å². The molecular formula is C21H27ClN2O5S2. The lowest BCUT2D eigenvalue weighted by Crippen LogP contribution is -2.37. The summed E-state index contributed by atoms with van der Waals surface area (Å²) in [6.07, 6.45) is 1.11. The average Bonchev–Trinajstić information content (AvgIpc) is 2.68. The minimum Gasteiger partial charge on any atom is -0.306 e. The second-order valence-corrected chi connectivity index (χ2v) is 11.6. The van der Waals surface area contributed by atoms with Crippen molar-refractivity contribution in [3.63, 3.8) is 0 Å². The number of sulfonamides is 1. The van der Waals surface area contributed by atoms with Crippen LogP contribution in [-0.2, 0) is 19.9 Å². The van der Waals surface area contributed by atoms with Crippen LogP contribution in [-0.4, -0.2) is 52.4 Å². The van der Waals surface area contributed by atoms with E-state index in [9.17, 15) is 21.6 Å². The van der Waals surface area contributed by atoms with Crippen molar-refractivity contribution in [3.05, 3.63) is 53.1 Å². The highest BCUT2D eigenvalue weighted by Gasteiger charge is 2.27. The van der Waals surface area contributed by atoms with Gasteiger partial charge in [0, 0.05) is 31.1 Å². The third kappa shape index (κ3) is 5.46. The second kappa shape index (κ2) is 9.68. The molecule has 0 aliphatic heterocycles. The Hall–Kier alpha value is -1.94. The first kappa shape index (κ1) is 25.3. The Morgan fingerprint density at radius 1 is 0.935 bits per heavy atom. The summed E-state index contributed by atoms with van der Waals surface area (Å²) in [5.74, 6) is -0.483. The van der Waals surface area contributed by atoms with Gasteiger partial charge in [0.2, 0.25) is 10.0 Å². The van der Waals surface area contributed by atoms with E-state index in [0.29, 0.717) is 18.8 Å². The first-order valence-corrected chi connectivity index (χ1v) is 13.5. The third-order valence-electron chi connectivity index (χ3n) is 4.79. The van der Waals surface area contributed by atoms with Gasteiger partial charge in [-0.05, 0) is 56.3 Å². The molecule has 0 saturated heterocycles. The van der Waals surface area contributed by atoms with Crippen molar-refractivity contribution in [3.8, 4) is 0 Å². The molecule has 0 saturated carbocycles. The largest absolute Gasteiger partial charge is 0.306 e. The molecule has 170 valence electrons. The van der Waals surface area contributed by atoms with Gasteiger partial charge >= 0.3 is 0 Å². The summed E-state index contributed by atoms with van der Waals surface area (Å²) >= 11 is 6.27. The van der Waals surface area contributed by atoms with Crippen molar-refractivity contribution in [1.82, 2.24) is 4.31 Å². The van der Waals surface area contributed by atoms with Crippen LogP contribution in [0.4, 0.5) is 5.69 Å². The Bertz CT molecular complexity index is 1160. The van der Waals surface area contributed by atoms with E-state index in [1.165, 1.54) is 39.5 Å². The number of nitrogens with zero attached hydrogens (tertiary/aromatic N) is 2. The van der Waals surface area contributed by atoms with E-state index in [2.05, 4.69) is 0 Å². The fourth-order valence-electron chi connectivity index (χ4n) is 3.17. The monoisotopic (exact) mass is 486 g/mol. The van der Waals surface area contributed by atoms with Gasteiger partial charge in [0.05, 0.1) is 20.4 Å². The molecule has 2 aromatic carbocycles. The summed E-state index contributed by atoms with van der Waals surface area (Å²) in [5.41, 5.74) is 0.524. The zero-order chi connectivity index (χ0) is 23.6. The van der Waals surface area contributed by atoms with Crippen molar-refractivity contribution in [2.24, 2.45) is 0 Å². The van der Waals surface area contributed by atoms with Crippen LogP contribution in [0.15, 0.2) is 52.3 Å². The number of benzene rings is 2. The highest BCUT2D eigenvalue weighted by atomic mass is 35.5. The Morgan fingerprint density at radius 3 is 1.90 bits per heavy atom. The fraction of sp³-hybridized carbons (Fsp3) is 0.381. The lowest BCUT2D eigenvalue weighted by molar-refractivity contribution is 0.0980. The number of sulfone groups is 1. The molecule has 0 fully saturated rings. The topological polar surface area (TPSA) is 91.8 Å². The maximum absolute atomic E-state index is 13.4. The van der Waals surface area contributed by atoms with E-state index >= 15 is 0 Å². The molecule has 0 radical (unpaired) electrons. The van der Waals surface area contributed by atoms with Gasteiger partial charge < -0.3 is 4.90 Å². The predicted molar refractivity (Wildman–Crippen MR) is 123 cm³/mol. The SMILES string of the molecule is CCN(CC)S(=O)(=O)c1ccc(Cl)c(C(=O)N(c2ccc(S(C)(=O)=O)cc2)C(C)C)c1. The second-order valence-electron chi connectivity index (χ2n) is 7.27. The Morgan fingerprint density at radius 2 is 1.45 bits per heavy atom. The van der Waals surface area contributed by atoms with E-state index in [1.807, 2.05) is 0 Å². The summed E-state index contributed by atoms with van der Waals surface area (Å²) in [5, 5.41) is 0.127. The molecule has 2 rings (SSSR count). The molecule has 1 amide bonds. The molecule has 0 aromatic heterocycles. The predicted octanol–water partition coefficient (Wildman–Crippen LogP) is 3.83.